The molecule has 3 aromatic rings. The Kier molecular flexibility index (Phi) is 4.26. The highest BCUT2D eigenvalue weighted by Crippen LogP contribution is 2.15. The van der Waals surface area contributed by atoms with Crippen LogP contribution in [-0.4, -0.2) is 26.6 Å². The van der Waals surface area contributed by atoms with Crippen LogP contribution in [0.2, 0.25) is 0 Å². The summed E-state index contributed by atoms with van der Waals surface area (Å²) in [5.41, 5.74) is -0.463. The lowest BCUT2D eigenvalue weighted by Gasteiger charge is -2.12. The maximum absolute atomic E-state index is 12.2. The van der Waals surface area contributed by atoms with E-state index in [0.29, 0.717) is 11.5 Å². The molecule has 3 heterocycles. The van der Waals surface area contributed by atoms with Crippen molar-refractivity contribution in [2.45, 2.75) is 33.4 Å². The third kappa shape index (κ3) is 3.23. The summed E-state index contributed by atoms with van der Waals surface area (Å²) < 4.78 is 11.7. The van der Waals surface area contributed by atoms with Gasteiger partial charge in [-0.15, -0.1) is 0 Å². The molecule has 0 aliphatic carbocycles. The molecule has 25 heavy (non-hydrogen) atoms. The predicted molar refractivity (Wildman–Crippen MR) is 89.7 cm³/mol. The highest BCUT2D eigenvalue weighted by molar-refractivity contribution is 5.94. The van der Waals surface area contributed by atoms with Gasteiger partial charge in [-0.2, -0.15) is 0 Å². The minimum Gasteiger partial charge on any atom is -0.467 e. The van der Waals surface area contributed by atoms with Gasteiger partial charge < -0.3 is 9.15 Å². The van der Waals surface area contributed by atoms with Crippen LogP contribution in [0.25, 0.3) is 11.0 Å². The smallest absolute Gasteiger partial charge is 0.340 e. The van der Waals surface area contributed by atoms with Gasteiger partial charge in [-0.3, -0.25) is 14.3 Å². The second-order valence-electron chi connectivity index (χ2n) is 5.87. The zero-order valence-corrected chi connectivity index (χ0v) is 14.0. The number of rotatable bonds is 4. The number of fused-ring (bicyclic) bond motifs is 1. The number of esters is 1. The molecule has 0 saturated carbocycles. The Balaban J connectivity index is 2.19. The number of hydrogen-bond acceptors (Lipinski definition) is 6. The first kappa shape index (κ1) is 16.7. The number of ether oxygens (including phenoxy) is 1. The Morgan fingerprint density at radius 1 is 1.40 bits per heavy atom. The van der Waals surface area contributed by atoms with E-state index >= 15 is 0 Å². The number of aromatic amines is 1. The highest BCUT2D eigenvalue weighted by Gasteiger charge is 2.18. The summed E-state index contributed by atoms with van der Waals surface area (Å²) >= 11 is 0. The van der Waals surface area contributed by atoms with Crippen molar-refractivity contribution in [3.05, 3.63) is 62.3 Å². The number of aryl methyl sites for hydroxylation is 1. The number of furan rings is 1. The van der Waals surface area contributed by atoms with Crippen LogP contribution >= 0.6 is 0 Å². The summed E-state index contributed by atoms with van der Waals surface area (Å²) in [5.74, 6) is -0.0247. The fraction of sp³-hybridized carbons (Fsp3) is 0.294. The van der Waals surface area contributed by atoms with Crippen LogP contribution in [0, 0.1) is 6.92 Å². The lowest BCUT2D eigenvalue weighted by molar-refractivity contribution is 0.0376. The van der Waals surface area contributed by atoms with Gasteiger partial charge in [0.25, 0.3) is 5.56 Å². The molecule has 0 spiro atoms. The van der Waals surface area contributed by atoms with Gasteiger partial charge in [-0.05, 0) is 39.0 Å². The molecule has 0 aliphatic heterocycles. The molecule has 0 saturated heterocycles. The number of hydrogen-bond donors (Lipinski definition) is 1. The Morgan fingerprint density at radius 2 is 2.16 bits per heavy atom. The van der Waals surface area contributed by atoms with Gasteiger partial charge in [0, 0.05) is 0 Å². The second kappa shape index (κ2) is 6.39. The molecule has 0 bridgehead atoms. The first-order valence-electron chi connectivity index (χ1n) is 7.74. The number of H-pyrrole nitrogens is 1. The van der Waals surface area contributed by atoms with Crippen molar-refractivity contribution in [1.82, 2.24) is 14.5 Å². The minimum atomic E-state index is -0.609. The summed E-state index contributed by atoms with van der Waals surface area (Å²) in [7, 11) is 0. The van der Waals surface area contributed by atoms with Crippen molar-refractivity contribution in [3.8, 4) is 0 Å². The predicted octanol–water partition coefficient (Wildman–Crippen LogP) is 1.60. The molecule has 0 aromatic carbocycles. The average molecular weight is 343 g/mol. The molecule has 1 N–H and O–H groups in total. The molecule has 0 amide bonds. The van der Waals surface area contributed by atoms with E-state index in [2.05, 4.69) is 9.97 Å². The summed E-state index contributed by atoms with van der Waals surface area (Å²) in [6.45, 7) is 5.20. The van der Waals surface area contributed by atoms with Crippen LogP contribution in [-0.2, 0) is 11.3 Å². The maximum atomic E-state index is 12.2. The van der Waals surface area contributed by atoms with Gasteiger partial charge in [0.2, 0.25) is 0 Å². The lowest BCUT2D eigenvalue weighted by Crippen LogP contribution is -2.31. The third-order valence-corrected chi connectivity index (χ3v) is 3.62. The van der Waals surface area contributed by atoms with E-state index in [9.17, 15) is 14.4 Å². The number of nitrogens with one attached hydrogen (secondary N) is 1. The molecular formula is C17H17N3O5. The normalized spacial score (nSPS) is 11.2. The molecule has 130 valence electrons. The molecule has 0 unspecified atom stereocenters. The zero-order valence-electron chi connectivity index (χ0n) is 14.0. The fourth-order valence-corrected chi connectivity index (χ4v) is 2.48. The Labute approximate surface area is 142 Å². The standard InChI is InChI=1S/C17H17N3O5/c1-9(2)25-16(22)12-7-13-14(18-10(12)3)20(17(23)19-15(13)21)8-11-5-4-6-24-11/h4-7,9H,8H2,1-3H3,(H,19,21,23). The molecule has 0 atom stereocenters. The van der Waals surface area contributed by atoms with Crippen molar-refractivity contribution in [2.24, 2.45) is 0 Å². The Morgan fingerprint density at radius 3 is 2.80 bits per heavy atom. The summed E-state index contributed by atoms with van der Waals surface area (Å²) in [4.78, 5) is 43.1. The molecule has 0 aliphatic rings. The van der Waals surface area contributed by atoms with Crippen molar-refractivity contribution in [3.63, 3.8) is 0 Å². The zero-order chi connectivity index (χ0) is 18.1. The number of pyridine rings is 1. The van der Waals surface area contributed by atoms with Crippen molar-refractivity contribution < 1.29 is 13.9 Å². The monoisotopic (exact) mass is 343 g/mol. The van der Waals surface area contributed by atoms with Crippen LogP contribution in [0.15, 0.2) is 38.5 Å². The molecule has 8 heteroatoms. The first-order valence-corrected chi connectivity index (χ1v) is 7.74. The van der Waals surface area contributed by atoms with Gasteiger partial charge in [0.1, 0.15) is 11.4 Å². The molecular weight excluding hydrogens is 326 g/mol. The third-order valence-electron chi connectivity index (χ3n) is 3.62. The highest BCUT2D eigenvalue weighted by atomic mass is 16.5. The van der Waals surface area contributed by atoms with E-state index < -0.39 is 17.2 Å². The van der Waals surface area contributed by atoms with E-state index in [1.54, 1.807) is 32.9 Å². The Bertz CT molecular complexity index is 1040. The summed E-state index contributed by atoms with van der Waals surface area (Å²) in [6, 6.07) is 4.82. The van der Waals surface area contributed by atoms with Gasteiger partial charge in [0.05, 0.1) is 35.6 Å². The first-order chi connectivity index (χ1) is 11.9. The van der Waals surface area contributed by atoms with E-state index in [1.807, 2.05) is 0 Å². The Hall–Kier alpha value is -3.16. The largest absolute Gasteiger partial charge is 0.467 e. The van der Waals surface area contributed by atoms with Gasteiger partial charge in [-0.25, -0.2) is 14.6 Å². The molecule has 0 radical (unpaired) electrons. The van der Waals surface area contributed by atoms with E-state index in [1.165, 1.54) is 16.9 Å². The van der Waals surface area contributed by atoms with E-state index in [4.69, 9.17) is 9.15 Å². The fourth-order valence-electron chi connectivity index (χ4n) is 2.48. The van der Waals surface area contributed by atoms with Crippen LogP contribution in [0.4, 0.5) is 0 Å². The molecule has 0 fully saturated rings. The van der Waals surface area contributed by atoms with Crippen LogP contribution in [0.1, 0.15) is 35.7 Å². The number of carbonyl (C=O) groups excluding carboxylic acids is 1. The van der Waals surface area contributed by atoms with Crippen LogP contribution in [0.3, 0.4) is 0 Å². The second-order valence-corrected chi connectivity index (χ2v) is 5.87. The quantitative estimate of drug-likeness (QED) is 0.721. The lowest BCUT2D eigenvalue weighted by atomic mass is 10.1. The van der Waals surface area contributed by atoms with Crippen molar-refractivity contribution in [2.75, 3.05) is 0 Å². The van der Waals surface area contributed by atoms with Gasteiger partial charge in [-0.1, -0.05) is 0 Å². The van der Waals surface area contributed by atoms with Gasteiger partial charge >= 0.3 is 11.7 Å². The average Bonchev–Trinajstić information content (AvgIpc) is 3.03. The van der Waals surface area contributed by atoms with Crippen molar-refractivity contribution in [1.29, 1.82) is 0 Å². The minimum absolute atomic E-state index is 0.112. The van der Waals surface area contributed by atoms with E-state index in [-0.39, 0.29) is 29.2 Å². The number of nitrogens with zero attached hydrogens (tertiary/aromatic N) is 2. The molecule has 8 nitrogen and oxygen atoms in total. The topological polar surface area (TPSA) is 107 Å². The SMILES string of the molecule is Cc1nc2c(cc1C(=O)OC(C)C)c(=O)[nH]c(=O)n2Cc1ccco1. The number of aromatic nitrogens is 3. The van der Waals surface area contributed by atoms with Crippen molar-refractivity contribution >= 4 is 17.0 Å². The van der Waals surface area contributed by atoms with Crippen LogP contribution in [0.5, 0.6) is 0 Å². The molecule has 3 rings (SSSR count). The van der Waals surface area contributed by atoms with Crippen LogP contribution < -0.4 is 11.2 Å². The van der Waals surface area contributed by atoms with Gasteiger partial charge in [0.15, 0.2) is 0 Å². The molecule has 3 aromatic heterocycles. The van der Waals surface area contributed by atoms with E-state index in [0.717, 1.165) is 0 Å². The summed E-state index contributed by atoms with van der Waals surface area (Å²) in [5, 5.41) is 0.132. The maximum Gasteiger partial charge on any atom is 0.340 e. The number of carbonyl (C=O) groups is 1. The summed E-state index contributed by atoms with van der Waals surface area (Å²) in [6.07, 6.45) is 1.20.